The molecule has 2 aromatic heterocycles. The van der Waals surface area contributed by atoms with Crippen LogP contribution >= 0.6 is 0 Å². The van der Waals surface area contributed by atoms with Gasteiger partial charge in [-0.25, -0.2) is 0 Å². The van der Waals surface area contributed by atoms with E-state index in [1.54, 1.807) is 4.90 Å². The summed E-state index contributed by atoms with van der Waals surface area (Å²) in [4.78, 5) is 17.3. The monoisotopic (exact) mass is 396 g/mol. The van der Waals surface area contributed by atoms with Crippen LogP contribution in [0.15, 0.2) is 24.3 Å². The summed E-state index contributed by atoms with van der Waals surface area (Å²) in [5, 5.41) is 18.2. The Bertz CT molecular complexity index is 1030. The van der Waals surface area contributed by atoms with Crippen LogP contribution in [0.3, 0.4) is 0 Å². The highest BCUT2D eigenvalue weighted by Crippen LogP contribution is 2.38. The number of amides is 1. The number of carbonyl (C=O) groups excluding carboxylic acids is 1. The van der Waals surface area contributed by atoms with E-state index in [4.69, 9.17) is 4.74 Å². The van der Waals surface area contributed by atoms with E-state index in [0.717, 1.165) is 47.2 Å². The molecule has 29 heavy (non-hydrogen) atoms. The highest BCUT2D eigenvalue weighted by Gasteiger charge is 2.29. The number of nitrogens with zero attached hydrogens (tertiary/aromatic N) is 2. The minimum Gasteiger partial charge on any atom is -0.395 e. The number of nitrogens with one attached hydrogen (secondary N) is 2. The SMILES string of the molecule is COCC(=O)N(CCO)c1ccc2cc(-c3n[nH]c4c3CCC(C)(C)C4)[nH]c2c1. The third-order valence-electron chi connectivity index (χ3n) is 5.73. The molecule has 1 aromatic carbocycles. The van der Waals surface area contributed by atoms with Crippen LogP contribution < -0.4 is 4.90 Å². The number of H-pyrrole nitrogens is 2. The number of aliphatic hydroxyl groups excluding tert-OH is 1. The molecule has 1 amide bonds. The molecule has 3 N–H and O–H groups in total. The molecule has 0 fully saturated rings. The summed E-state index contributed by atoms with van der Waals surface area (Å²) in [6.07, 6.45) is 3.18. The number of carbonyl (C=O) groups is 1. The molecule has 3 aromatic rings. The Morgan fingerprint density at radius 3 is 2.93 bits per heavy atom. The fourth-order valence-corrected chi connectivity index (χ4v) is 4.18. The molecule has 0 aliphatic heterocycles. The van der Waals surface area contributed by atoms with Crippen LogP contribution in [0.1, 0.15) is 31.5 Å². The number of anilines is 1. The zero-order valence-corrected chi connectivity index (χ0v) is 17.2. The molecular weight excluding hydrogens is 368 g/mol. The van der Waals surface area contributed by atoms with E-state index >= 15 is 0 Å². The highest BCUT2D eigenvalue weighted by atomic mass is 16.5. The molecule has 0 atom stereocenters. The quantitative estimate of drug-likeness (QED) is 0.597. The molecule has 0 saturated carbocycles. The fourth-order valence-electron chi connectivity index (χ4n) is 4.18. The van der Waals surface area contributed by atoms with Crippen LogP contribution in [0.5, 0.6) is 0 Å². The Labute approximate surface area is 170 Å². The lowest BCUT2D eigenvalue weighted by atomic mass is 9.76. The van der Waals surface area contributed by atoms with Crippen LogP contribution in [0.4, 0.5) is 5.69 Å². The number of hydrogen-bond acceptors (Lipinski definition) is 4. The third-order valence-corrected chi connectivity index (χ3v) is 5.73. The lowest BCUT2D eigenvalue weighted by molar-refractivity contribution is -0.122. The minimum absolute atomic E-state index is 0.0240. The second kappa shape index (κ2) is 7.65. The number of benzene rings is 1. The van der Waals surface area contributed by atoms with Crippen LogP contribution in [-0.2, 0) is 22.4 Å². The van der Waals surface area contributed by atoms with Gasteiger partial charge in [-0.1, -0.05) is 19.9 Å². The standard InChI is InChI=1S/C22H28N4O3/c1-22(2)7-6-16-19(12-22)24-25-21(16)18-10-14-4-5-15(11-17(14)23-18)26(8-9-27)20(28)13-29-3/h4-5,10-11,23,27H,6-9,12-13H2,1-3H3,(H,24,25). The van der Waals surface area contributed by atoms with Gasteiger partial charge in [-0.15, -0.1) is 0 Å². The van der Waals surface area contributed by atoms with Crippen molar-refractivity contribution in [3.63, 3.8) is 0 Å². The van der Waals surface area contributed by atoms with Crippen molar-refractivity contribution < 1.29 is 14.6 Å². The number of fused-ring (bicyclic) bond motifs is 2. The second-order valence-corrected chi connectivity index (χ2v) is 8.53. The molecule has 0 bridgehead atoms. The van der Waals surface area contributed by atoms with Gasteiger partial charge in [0.2, 0.25) is 0 Å². The van der Waals surface area contributed by atoms with E-state index in [1.807, 2.05) is 18.2 Å². The smallest absolute Gasteiger partial charge is 0.253 e. The average Bonchev–Trinajstić information content (AvgIpc) is 3.27. The Hall–Kier alpha value is -2.64. The van der Waals surface area contributed by atoms with Gasteiger partial charge in [0.1, 0.15) is 12.3 Å². The number of aliphatic hydroxyl groups is 1. The summed E-state index contributed by atoms with van der Waals surface area (Å²) < 4.78 is 4.97. The van der Waals surface area contributed by atoms with Gasteiger partial charge in [0, 0.05) is 41.5 Å². The number of aromatic amines is 2. The van der Waals surface area contributed by atoms with E-state index in [9.17, 15) is 9.90 Å². The first-order chi connectivity index (χ1) is 13.9. The van der Waals surface area contributed by atoms with Crippen molar-refractivity contribution in [2.45, 2.75) is 33.1 Å². The maximum atomic E-state index is 12.3. The van der Waals surface area contributed by atoms with E-state index in [0.29, 0.717) is 5.41 Å². The first-order valence-corrected chi connectivity index (χ1v) is 10.0. The van der Waals surface area contributed by atoms with E-state index in [2.05, 4.69) is 35.1 Å². The predicted octanol–water partition coefficient (Wildman–Crippen LogP) is 3.04. The van der Waals surface area contributed by atoms with Crippen LogP contribution in [0, 0.1) is 5.41 Å². The van der Waals surface area contributed by atoms with Crippen molar-refractivity contribution in [3.05, 3.63) is 35.5 Å². The van der Waals surface area contributed by atoms with E-state index in [-0.39, 0.29) is 25.7 Å². The first-order valence-electron chi connectivity index (χ1n) is 10.0. The van der Waals surface area contributed by atoms with Gasteiger partial charge < -0.3 is 19.7 Å². The molecule has 2 heterocycles. The molecular formula is C22H28N4O3. The highest BCUT2D eigenvalue weighted by molar-refractivity contribution is 5.97. The summed E-state index contributed by atoms with van der Waals surface area (Å²) in [5.41, 5.74) is 6.45. The second-order valence-electron chi connectivity index (χ2n) is 8.53. The molecule has 1 aliphatic rings. The third kappa shape index (κ3) is 3.80. The molecule has 0 saturated heterocycles. The summed E-state index contributed by atoms with van der Waals surface area (Å²) in [6, 6.07) is 7.91. The number of hydrogen-bond donors (Lipinski definition) is 3. The maximum absolute atomic E-state index is 12.3. The topological polar surface area (TPSA) is 94.2 Å². The lowest BCUT2D eigenvalue weighted by Gasteiger charge is -2.28. The van der Waals surface area contributed by atoms with Crippen molar-refractivity contribution >= 4 is 22.5 Å². The van der Waals surface area contributed by atoms with Crippen molar-refractivity contribution in [3.8, 4) is 11.4 Å². The Kier molecular flexibility index (Phi) is 5.19. The normalized spacial score (nSPS) is 15.4. The summed E-state index contributed by atoms with van der Waals surface area (Å²) in [6.45, 7) is 4.68. The Morgan fingerprint density at radius 2 is 2.17 bits per heavy atom. The molecule has 0 radical (unpaired) electrons. The first kappa shape index (κ1) is 19.7. The van der Waals surface area contributed by atoms with Crippen molar-refractivity contribution in [1.29, 1.82) is 0 Å². The molecule has 0 spiro atoms. The number of rotatable bonds is 6. The predicted molar refractivity (Wildman–Crippen MR) is 113 cm³/mol. The zero-order valence-electron chi connectivity index (χ0n) is 17.2. The molecule has 1 aliphatic carbocycles. The van der Waals surface area contributed by atoms with Gasteiger partial charge in [-0.3, -0.25) is 9.89 Å². The summed E-state index contributed by atoms with van der Waals surface area (Å²) in [7, 11) is 1.49. The van der Waals surface area contributed by atoms with Crippen LogP contribution in [0.2, 0.25) is 0 Å². The van der Waals surface area contributed by atoms with Gasteiger partial charge in [-0.05, 0) is 42.9 Å². The number of aromatic nitrogens is 3. The Balaban J connectivity index is 1.68. The summed E-state index contributed by atoms with van der Waals surface area (Å²) in [5.74, 6) is -0.184. The summed E-state index contributed by atoms with van der Waals surface area (Å²) >= 11 is 0. The Morgan fingerprint density at radius 1 is 1.34 bits per heavy atom. The van der Waals surface area contributed by atoms with Gasteiger partial charge in [0.25, 0.3) is 5.91 Å². The van der Waals surface area contributed by atoms with Gasteiger partial charge in [0.05, 0.1) is 12.3 Å². The minimum atomic E-state index is -0.184. The number of methoxy groups -OCH3 is 1. The van der Waals surface area contributed by atoms with Crippen LogP contribution in [0.25, 0.3) is 22.3 Å². The molecule has 154 valence electrons. The molecule has 4 rings (SSSR count). The molecule has 0 unspecified atom stereocenters. The molecule has 7 heteroatoms. The van der Waals surface area contributed by atoms with Crippen molar-refractivity contribution in [2.24, 2.45) is 5.41 Å². The largest absolute Gasteiger partial charge is 0.395 e. The maximum Gasteiger partial charge on any atom is 0.253 e. The van der Waals surface area contributed by atoms with Gasteiger partial charge >= 0.3 is 0 Å². The van der Waals surface area contributed by atoms with Gasteiger partial charge in [-0.2, -0.15) is 5.10 Å². The lowest BCUT2D eigenvalue weighted by Crippen LogP contribution is -2.36. The van der Waals surface area contributed by atoms with Gasteiger partial charge in [0.15, 0.2) is 0 Å². The van der Waals surface area contributed by atoms with E-state index in [1.165, 1.54) is 18.4 Å². The fraction of sp³-hybridized carbons (Fsp3) is 0.455. The van der Waals surface area contributed by atoms with Crippen molar-refractivity contribution in [2.75, 3.05) is 31.8 Å². The molecule has 7 nitrogen and oxygen atoms in total. The van der Waals surface area contributed by atoms with Crippen LogP contribution in [-0.4, -0.2) is 53.1 Å². The van der Waals surface area contributed by atoms with E-state index < -0.39 is 0 Å². The van der Waals surface area contributed by atoms with Crippen molar-refractivity contribution in [1.82, 2.24) is 15.2 Å². The zero-order chi connectivity index (χ0) is 20.6. The number of ether oxygens (including phenoxy) is 1. The average molecular weight is 396 g/mol.